The van der Waals surface area contributed by atoms with Gasteiger partial charge in [-0.05, 0) is 41.5 Å². The van der Waals surface area contributed by atoms with Crippen molar-refractivity contribution >= 4 is 16.7 Å². The number of benzene rings is 1. The summed E-state index contributed by atoms with van der Waals surface area (Å²) in [6.45, 7) is 4.11. The molecule has 2 heterocycles. The van der Waals surface area contributed by atoms with Gasteiger partial charge in [0.2, 0.25) is 5.65 Å². The zero-order chi connectivity index (χ0) is 11.1. The molecule has 0 fully saturated rings. The van der Waals surface area contributed by atoms with Crippen LogP contribution in [0.2, 0.25) is 0 Å². The van der Waals surface area contributed by atoms with Crippen molar-refractivity contribution in [2.75, 3.05) is 0 Å². The van der Waals surface area contributed by atoms with Crippen molar-refractivity contribution in [1.82, 2.24) is 25.0 Å². The third-order valence-electron chi connectivity index (χ3n) is 2.68. The van der Waals surface area contributed by atoms with Crippen LogP contribution in [0.5, 0.6) is 0 Å². The van der Waals surface area contributed by atoms with Gasteiger partial charge in [-0.1, -0.05) is 13.0 Å². The van der Waals surface area contributed by atoms with Gasteiger partial charge < -0.3 is 0 Å². The van der Waals surface area contributed by atoms with Crippen LogP contribution in [-0.4, -0.2) is 25.0 Å². The van der Waals surface area contributed by atoms with E-state index in [4.69, 9.17) is 0 Å². The minimum Gasteiger partial charge on any atom is -0.247 e. The third-order valence-corrected chi connectivity index (χ3v) is 2.68. The van der Waals surface area contributed by atoms with Crippen molar-refractivity contribution in [3.63, 3.8) is 0 Å². The molecule has 0 radical (unpaired) electrons. The van der Waals surface area contributed by atoms with Gasteiger partial charge in [0.05, 0.1) is 16.7 Å². The maximum atomic E-state index is 4.59. The summed E-state index contributed by atoms with van der Waals surface area (Å²) in [4.78, 5) is 4.59. The van der Waals surface area contributed by atoms with Crippen molar-refractivity contribution in [1.29, 1.82) is 0 Å². The molecule has 0 saturated carbocycles. The van der Waals surface area contributed by atoms with Crippen LogP contribution in [0, 0.1) is 6.92 Å². The SMILES string of the molecule is CCc1nc2cc(C)ccc2n2nnnc12. The summed E-state index contributed by atoms with van der Waals surface area (Å²) in [6.07, 6.45) is 0.827. The lowest BCUT2D eigenvalue weighted by Crippen LogP contribution is -1.99. The number of hydrogen-bond acceptors (Lipinski definition) is 4. The molecule has 0 saturated heterocycles. The molecule has 16 heavy (non-hydrogen) atoms. The smallest absolute Gasteiger partial charge is 0.201 e. The van der Waals surface area contributed by atoms with Crippen molar-refractivity contribution in [3.8, 4) is 0 Å². The monoisotopic (exact) mass is 213 g/mol. The molecule has 3 rings (SSSR count). The van der Waals surface area contributed by atoms with Crippen LogP contribution < -0.4 is 0 Å². The number of fused-ring (bicyclic) bond motifs is 3. The van der Waals surface area contributed by atoms with Crippen LogP contribution in [0.1, 0.15) is 18.2 Å². The fourth-order valence-electron chi connectivity index (χ4n) is 1.86. The van der Waals surface area contributed by atoms with Gasteiger partial charge in [-0.15, -0.1) is 5.10 Å². The summed E-state index contributed by atoms with van der Waals surface area (Å²) in [7, 11) is 0. The molecule has 80 valence electrons. The first kappa shape index (κ1) is 9.21. The molecule has 0 atom stereocenters. The fraction of sp³-hybridized carbons (Fsp3) is 0.273. The molecule has 0 aliphatic rings. The molecule has 1 aromatic carbocycles. The normalized spacial score (nSPS) is 11.4. The molecule has 2 aromatic heterocycles. The third kappa shape index (κ3) is 1.18. The molecular formula is C11H11N5. The molecule has 0 bridgehead atoms. The second kappa shape index (κ2) is 3.23. The summed E-state index contributed by atoms with van der Waals surface area (Å²) in [5.41, 5.74) is 4.76. The lowest BCUT2D eigenvalue weighted by molar-refractivity contribution is 0.839. The number of aryl methyl sites for hydroxylation is 2. The summed E-state index contributed by atoms with van der Waals surface area (Å²) >= 11 is 0. The van der Waals surface area contributed by atoms with E-state index in [2.05, 4.69) is 40.4 Å². The zero-order valence-electron chi connectivity index (χ0n) is 9.18. The lowest BCUT2D eigenvalue weighted by Gasteiger charge is -2.03. The Morgan fingerprint density at radius 3 is 3.00 bits per heavy atom. The van der Waals surface area contributed by atoms with Crippen LogP contribution in [0.25, 0.3) is 16.7 Å². The van der Waals surface area contributed by atoms with Gasteiger partial charge in [0, 0.05) is 0 Å². The Balaban J connectivity index is 2.53. The first-order chi connectivity index (χ1) is 7.79. The van der Waals surface area contributed by atoms with Crippen LogP contribution in [0.15, 0.2) is 18.2 Å². The highest BCUT2D eigenvalue weighted by Crippen LogP contribution is 2.16. The van der Waals surface area contributed by atoms with Gasteiger partial charge in [-0.3, -0.25) is 0 Å². The lowest BCUT2D eigenvalue weighted by atomic mass is 10.2. The van der Waals surface area contributed by atoms with E-state index in [-0.39, 0.29) is 0 Å². The highest BCUT2D eigenvalue weighted by atomic mass is 15.5. The summed E-state index contributed by atoms with van der Waals surface area (Å²) < 4.78 is 1.75. The number of rotatable bonds is 1. The van der Waals surface area contributed by atoms with E-state index in [9.17, 15) is 0 Å². The second-order valence-electron chi connectivity index (χ2n) is 3.82. The molecule has 0 amide bonds. The van der Waals surface area contributed by atoms with Gasteiger partial charge in [-0.25, -0.2) is 4.98 Å². The Bertz CT molecular complexity index is 670. The van der Waals surface area contributed by atoms with Gasteiger partial charge in [0.15, 0.2) is 0 Å². The van der Waals surface area contributed by atoms with E-state index in [0.717, 1.165) is 28.8 Å². The maximum absolute atomic E-state index is 4.59. The van der Waals surface area contributed by atoms with E-state index < -0.39 is 0 Å². The Morgan fingerprint density at radius 2 is 2.19 bits per heavy atom. The Kier molecular flexibility index (Phi) is 1.86. The predicted octanol–water partition coefficient (Wildman–Crippen LogP) is 1.54. The fourth-order valence-corrected chi connectivity index (χ4v) is 1.86. The minimum absolute atomic E-state index is 0.749. The van der Waals surface area contributed by atoms with E-state index in [1.54, 1.807) is 4.52 Å². The highest BCUT2D eigenvalue weighted by Gasteiger charge is 2.09. The molecular weight excluding hydrogens is 202 g/mol. The molecule has 0 N–H and O–H groups in total. The summed E-state index contributed by atoms with van der Waals surface area (Å²) in [5, 5.41) is 11.7. The van der Waals surface area contributed by atoms with Crippen molar-refractivity contribution < 1.29 is 0 Å². The molecule has 3 aromatic rings. The molecule has 5 heteroatoms. The average Bonchev–Trinajstić information content (AvgIpc) is 2.76. The topological polar surface area (TPSA) is 56.0 Å². The predicted molar refractivity (Wildman–Crippen MR) is 60.2 cm³/mol. The highest BCUT2D eigenvalue weighted by molar-refractivity contribution is 5.78. The minimum atomic E-state index is 0.749. The number of aromatic nitrogens is 5. The molecule has 0 aliphatic heterocycles. The van der Waals surface area contributed by atoms with Crippen LogP contribution in [0.4, 0.5) is 0 Å². The van der Waals surface area contributed by atoms with Gasteiger partial charge in [-0.2, -0.15) is 4.52 Å². The van der Waals surface area contributed by atoms with E-state index >= 15 is 0 Å². The maximum Gasteiger partial charge on any atom is 0.201 e. The average molecular weight is 213 g/mol. The largest absolute Gasteiger partial charge is 0.247 e. The van der Waals surface area contributed by atoms with E-state index in [1.165, 1.54) is 5.56 Å². The molecule has 0 unspecified atom stereocenters. The Morgan fingerprint density at radius 1 is 1.31 bits per heavy atom. The van der Waals surface area contributed by atoms with Gasteiger partial charge >= 0.3 is 0 Å². The Hall–Kier alpha value is -2.04. The van der Waals surface area contributed by atoms with Crippen LogP contribution in [0.3, 0.4) is 0 Å². The summed E-state index contributed by atoms with van der Waals surface area (Å²) in [5.74, 6) is 0. The van der Waals surface area contributed by atoms with Gasteiger partial charge in [0.1, 0.15) is 0 Å². The van der Waals surface area contributed by atoms with Crippen molar-refractivity contribution in [2.24, 2.45) is 0 Å². The van der Waals surface area contributed by atoms with Crippen LogP contribution >= 0.6 is 0 Å². The van der Waals surface area contributed by atoms with Crippen molar-refractivity contribution in [2.45, 2.75) is 20.3 Å². The number of tetrazole rings is 1. The van der Waals surface area contributed by atoms with E-state index in [1.807, 2.05) is 12.1 Å². The zero-order valence-corrected chi connectivity index (χ0v) is 9.18. The first-order valence-electron chi connectivity index (χ1n) is 5.27. The Labute approximate surface area is 92.1 Å². The van der Waals surface area contributed by atoms with Crippen LogP contribution in [-0.2, 0) is 6.42 Å². The summed E-state index contributed by atoms with van der Waals surface area (Å²) in [6, 6.07) is 6.09. The molecule has 0 spiro atoms. The van der Waals surface area contributed by atoms with Gasteiger partial charge in [0.25, 0.3) is 0 Å². The molecule has 5 nitrogen and oxygen atoms in total. The molecule has 0 aliphatic carbocycles. The second-order valence-corrected chi connectivity index (χ2v) is 3.82. The van der Waals surface area contributed by atoms with Crippen molar-refractivity contribution in [3.05, 3.63) is 29.5 Å². The number of nitrogens with zero attached hydrogens (tertiary/aromatic N) is 5. The van der Waals surface area contributed by atoms with E-state index in [0.29, 0.717) is 0 Å². The number of hydrogen-bond donors (Lipinski definition) is 0. The standard InChI is InChI=1S/C11H11N5/c1-3-8-11-13-14-15-16(11)10-5-4-7(2)6-9(10)12-8/h4-6H,3H2,1-2H3. The quantitative estimate of drug-likeness (QED) is 0.615. The first-order valence-corrected chi connectivity index (χ1v) is 5.27.